The SMILES string of the molecule is COCCCc1c[nH]c(=O)[nH]c1=O. The maximum atomic E-state index is 11.1. The minimum atomic E-state index is -0.472. The number of aromatic amines is 2. The van der Waals surface area contributed by atoms with E-state index >= 15 is 0 Å². The molecule has 5 nitrogen and oxygen atoms in total. The van der Waals surface area contributed by atoms with Crippen LogP contribution < -0.4 is 11.2 Å². The second-order valence-corrected chi connectivity index (χ2v) is 2.69. The molecular weight excluding hydrogens is 172 g/mol. The standard InChI is InChI=1S/C8H12N2O3/c1-13-4-2-3-6-5-9-8(12)10-7(6)11/h5H,2-4H2,1H3,(H2,9,10,11,12). The maximum absolute atomic E-state index is 11.1. The van der Waals surface area contributed by atoms with Crippen molar-refractivity contribution in [3.8, 4) is 0 Å². The van der Waals surface area contributed by atoms with Crippen molar-refractivity contribution < 1.29 is 4.74 Å². The summed E-state index contributed by atoms with van der Waals surface area (Å²) in [5, 5.41) is 0. The number of aromatic nitrogens is 2. The third kappa shape index (κ3) is 2.87. The molecule has 0 fully saturated rings. The molecule has 2 N–H and O–H groups in total. The summed E-state index contributed by atoms with van der Waals surface area (Å²) >= 11 is 0. The van der Waals surface area contributed by atoms with E-state index in [1.807, 2.05) is 0 Å². The van der Waals surface area contributed by atoms with Crippen molar-refractivity contribution in [1.82, 2.24) is 9.97 Å². The topological polar surface area (TPSA) is 75.0 Å². The highest BCUT2D eigenvalue weighted by atomic mass is 16.5. The van der Waals surface area contributed by atoms with Crippen molar-refractivity contribution in [1.29, 1.82) is 0 Å². The highest BCUT2D eigenvalue weighted by Gasteiger charge is 1.98. The monoisotopic (exact) mass is 184 g/mol. The molecule has 5 heteroatoms. The smallest absolute Gasteiger partial charge is 0.325 e. The summed E-state index contributed by atoms with van der Waals surface area (Å²) in [7, 11) is 1.61. The Morgan fingerprint density at radius 2 is 2.23 bits per heavy atom. The molecule has 72 valence electrons. The summed E-state index contributed by atoms with van der Waals surface area (Å²) in [6.07, 6.45) is 2.82. The molecule has 0 bridgehead atoms. The maximum Gasteiger partial charge on any atom is 0.325 e. The van der Waals surface area contributed by atoms with Gasteiger partial charge in [-0.1, -0.05) is 0 Å². The zero-order valence-electron chi connectivity index (χ0n) is 7.42. The first kappa shape index (κ1) is 9.73. The molecule has 1 heterocycles. The normalized spacial score (nSPS) is 10.2. The molecule has 0 saturated heterocycles. The van der Waals surface area contributed by atoms with Gasteiger partial charge in [0.1, 0.15) is 0 Å². The van der Waals surface area contributed by atoms with Crippen LogP contribution in [0.3, 0.4) is 0 Å². The van der Waals surface area contributed by atoms with Crippen LogP contribution in [0, 0.1) is 0 Å². The van der Waals surface area contributed by atoms with E-state index in [0.717, 1.165) is 6.42 Å². The Hall–Kier alpha value is -1.36. The molecule has 1 rings (SSSR count). The van der Waals surface area contributed by atoms with Crippen LogP contribution in [0.15, 0.2) is 15.8 Å². The number of nitrogens with one attached hydrogen (secondary N) is 2. The van der Waals surface area contributed by atoms with Crippen LogP contribution >= 0.6 is 0 Å². The number of methoxy groups -OCH3 is 1. The molecule has 0 unspecified atom stereocenters. The third-order valence-electron chi connectivity index (χ3n) is 1.69. The number of rotatable bonds is 4. The first-order valence-corrected chi connectivity index (χ1v) is 4.04. The first-order chi connectivity index (χ1) is 6.24. The van der Waals surface area contributed by atoms with E-state index in [9.17, 15) is 9.59 Å². The number of hydrogen-bond donors (Lipinski definition) is 2. The van der Waals surface area contributed by atoms with Crippen LogP contribution in [-0.2, 0) is 11.2 Å². The van der Waals surface area contributed by atoms with Crippen LogP contribution in [-0.4, -0.2) is 23.7 Å². The Morgan fingerprint density at radius 3 is 2.85 bits per heavy atom. The molecule has 0 aromatic carbocycles. The minimum Gasteiger partial charge on any atom is -0.385 e. The van der Waals surface area contributed by atoms with E-state index in [0.29, 0.717) is 18.6 Å². The van der Waals surface area contributed by atoms with Crippen LogP contribution in [0.4, 0.5) is 0 Å². The second kappa shape index (κ2) is 4.61. The summed E-state index contributed by atoms with van der Waals surface area (Å²) in [4.78, 5) is 26.3. The summed E-state index contributed by atoms with van der Waals surface area (Å²) in [6.45, 7) is 0.610. The van der Waals surface area contributed by atoms with Gasteiger partial charge in [0.05, 0.1) is 0 Å². The zero-order chi connectivity index (χ0) is 9.68. The lowest BCUT2D eigenvalue weighted by Crippen LogP contribution is -2.24. The lowest BCUT2D eigenvalue weighted by Gasteiger charge is -1.98. The highest BCUT2D eigenvalue weighted by molar-refractivity contribution is 5.02. The lowest BCUT2D eigenvalue weighted by molar-refractivity contribution is 0.195. The molecule has 0 amide bonds. The molecule has 0 aliphatic rings. The molecule has 0 radical (unpaired) electrons. The van der Waals surface area contributed by atoms with Crippen LogP contribution in [0.2, 0.25) is 0 Å². The van der Waals surface area contributed by atoms with Gasteiger partial charge in [-0.15, -0.1) is 0 Å². The van der Waals surface area contributed by atoms with Crippen molar-refractivity contribution >= 4 is 0 Å². The van der Waals surface area contributed by atoms with Gasteiger partial charge in [0.25, 0.3) is 5.56 Å². The molecule has 0 spiro atoms. The van der Waals surface area contributed by atoms with Gasteiger partial charge in [-0.2, -0.15) is 0 Å². The van der Waals surface area contributed by atoms with Gasteiger partial charge < -0.3 is 9.72 Å². The average molecular weight is 184 g/mol. The fraction of sp³-hybridized carbons (Fsp3) is 0.500. The zero-order valence-corrected chi connectivity index (χ0v) is 7.42. The van der Waals surface area contributed by atoms with Crippen molar-refractivity contribution in [2.45, 2.75) is 12.8 Å². The van der Waals surface area contributed by atoms with E-state index in [1.165, 1.54) is 6.20 Å². The largest absolute Gasteiger partial charge is 0.385 e. The van der Waals surface area contributed by atoms with E-state index in [2.05, 4.69) is 9.97 Å². The minimum absolute atomic E-state index is 0.320. The first-order valence-electron chi connectivity index (χ1n) is 4.04. The van der Waals surface area contributed by atoms with Crippen molar-refractivity contribution in [3.63, 3.8) is 0 Å². The van der Waals surface area contributed by atoms with E-state index in [-0.39, 0.29) is 5.56 Å². The average Bonchev–Trinajstić information content (AvgIpc) is 2.09. The van der Waals surface area contributed by atoms with Crippen LogP contribution in [0.5, 0.6) is 0 Å². The highest BCUT2D eigenvalue weighted by Crippen LogP contribution is 1.92. The molecule has 0 aliphatic heterocycles. The lowest BCUT2D eigenvalue weighted by atomic mass is 10.2. The molecule has 1 aromatic rings. The summed E-state index contributed by atoms with van der Waals surface area (Å²) in [5.41, 5.74) is -0.211. The second-order valence-electron chi connectivity index (χ2n) is 2.69. The summed E-state index contributed by atoms with van der Waals surface area (Å²) in [5.74, 6) is 0. The Labute approximate surface area is 74.8 Å². The Kier molecular flexibility index (Phi) is 3.45. The van der Waals surface area contributed by atoms with Gasteiger partial charge in [0.2, 0.25) is 0 Å². The number of ether oxygens (including phenoxy) is 1. The number of hydrogen-bond acceptors (Lipinski definition) is 3. The van der Waals surface area contributed by atoms with Crippen molar-refractivity contribution in [3.05, 3.63) is 32.6 Å². The number of H-pyrrole nitrogens is 2. The van der Waals surface area contributed by atoms with E-state index < -0.39 is 5.69 Å². The van der Waals surface area contributed by atoms with Crippen LogP contribution in [0.1, 0.15) is 12.0 Å². The molecule has 0 aliphatic carbocycles. The molecular formula is C8H12N2O3. The molecule has 13 heavy (non-hydrogen) atoms. The molecule has 1 aromatic heterocycles. The summed E-state index contributed by atoms with van der Waals surface area (Å²) < 4.78 is 4.84. The third-order valence-corrected chi connectivity index (χ3v) is 1.69. The van der Waals surface area contributed by atoms with E-state index in [4.69, 9.17) is 4.74 Å². The Balaban J connectivity index is 2.67. The van der Waals surface area contributed by atoms with Crippen molar-refractivity contribution in [2.75, 3.05) is 13.7 Å². The fourth-order valence-electron chi connectivity index (χ4n) is 1.03. The quantitative estimate of drug-likeness (QED) is 0.627. The van der Waals surface area contributed by atoms with Gasteiger partial charge in [0.15, 0.2) is 0 Å². The Bertz CT molecular complexity index is 366. The summed E-state index contributed by atoms with van der Waals surface area (Å²) in [6, 6.07) is 0. The van der Waals surface area contributed by atoms with Crippen LogP contribution in [0.25, 0.3) is 0 Å². The predicted octanol–water partition coefficient (Wildman–Crippen LogP) is -0.358. The van der Waals surface area contributed by atoms with Gasteiger partial charge in [0, 0.05) is 25.5 Å². The fourth-order valence-corrected chi connectivity index (χ4v) is 1.03. The van der Waals surface area contributed by atoms with Gasteiger partial charge >= 0.3 is 5.69 Å². The van der Waals surface area contributed by atoms with Gasteiger partial charge in [-0.3, -0.25) is 9.78 Å². The van der Waals surface area contributed by atoms with Crippen molar-refractivity contribution in [2.24, 2.45) is 0 Å². The predicted molar refractivity (Wildman–Crippen MR) is 47.9 cm³/mol. The molecule has 0 saturated carbocycles. The van der Waals surface area contributed by atoms with E-state index in [1.54, 1.807) is 7.11 Å². The number of aryl methyl sites for hydroxylation is 1. The Morgan fingerprint density at radius 1 is 1.46 bits per heavy atom. The van der Waals surface area contributed by atoms with Gasteiger partial charge in [-0.05, 0) is 12.8 Å². The molecule has 0 atom stereocenters. The van der Waals surface area contributed by atoms with Gasteiger partial charge in [-0.25, -0.2) is 4.79 Å².